The van der Waals surface area contributed by atoms with Crippen molar-refractivity contribution >= 4 is 22.9 Å². The number of thiocarbonyl (C=S) groups is 1. The van der Waals surface area contributed by atoms with E-state index in [1.54, 1.807) is 36.5 Å². The summed E-state index contributed by atoms with van der Waals surface area (Å²) >= 11 is 4.96. The summed E-state index contributed by atoms with van der Waals surface area (Å²) in [5.74, 6) is -0.0583. The molecule has 3 aromatic rings. The molecular formula is C13H9FN4S. The smallest absolute Gasteiger partial charge is 0.185 e. The number of benzene rings is 1. The Morgan fingerprint density at radius 2 is 2.00 bits per heavy atom. The van der Waals surface area contributed by atoms with Gasteiger partial charge < -0.3 is 5.73 Å². The Kier molecular flexibility index (Phi) is 2.72. The van der Waals surface area contributed by atoms with E-state index in [1.807, 2.05) is 0 Å². The number of hydrogen-bond donors (Lipinski definition) is 1. The van der Waals surface area contributed by atoms with Crippen LogP contribution in [0.25, 0.3) is 17.0 Å². The molecule has 0 saturated heterocycles. The van der Waals surface area contributed by atoms with Crippen LogP contribution in [0.2, 0.25) is 0 Å². The highest BCUT2D eigenvalue weighted by Crippen LogP contribution is 2.20. The fourth-order valence-corrected chi connectivity index (χ4v) is 2.01. The summed E-state index contributed by atoms with van der Waals surface area (Å²) in [5, 5.41) is 4.24. The maximum absolute atomic E-state index is 13.7. The minimum atomic E-state index is -0.365. The first-order valence-electron chi connectivity index (χ1n) is 5.57. The lowest BCUT2D eigenvalue weighted by atomic mass is 10.2. The number of nitrogens with two attached hydrogens (primary N) is 1. The highest BCUT2D eigenvalue weighted by atomic mass is 32.1. The standard InChI is InChI=1S/C13H9FN4S/c14-10-6-2-1-4-8(10)12-16-13-9(11(15)19)5-3-7-18(13)17-12/h1-7H,(H2,15,19). The Labute approximate surface area is 113 Å². The van der Waals surface area contributed by atoms with Crippen LogP contribution in [0.15, 0.2) is 42.6 Å². The number of pyridine rings is 1. The second kappa shape index (κ2) is 4.40. The van der Waals surface area contributed by atoms with Gasteiger partial charge in [-0.2, -0.15) is 0 Å². The highest BCUT2D eigenvalue weighted by Gasteiger charge is 2.13. The molecule has 0 fully saturated rings. The molecule has 0 atom stereocenters. The number of rotatable bonds is 2. The molecule has 0 radical (unpaired) electrons. The van der Waals surface area contributed by atoms with Crippen molar-refractivity contribution in [3.8, 4) is 11.4 Å². The first kappa shape index (κ1) is 11.7. The molecule has 2 heterocycles. The zero-order chi connectivity index (χ0) is 13.4. The summed E-state index contributed by atoms with van der Waals surface area (Å²) in [6.45, 7) is 0. The predicted molar refractivity (Wildman–Crippen MR) is 74.3 cm³/mol. The van der Waals surface area contributed by atoms with Crippen LogP contribution in [0.4, 0.5) is 4.39 Å². The average Bonchev–Trinajstić information content (AvgIpc) is 2.82. The van der Waals surface area contributed by atoms with Gasteiger partial charge in [0.05, 0.1) is 11.1 Å². The molecular weight excluding hydrogens is 263 g/mol. The molecule has 19 heavy (non-hydrogen) atoms. The summed E-state index contributed by atoms with van der Waals surface area (Å²) in [5.41, 5.74) is 7.12. The zero-order valence-electron chi connectivity index (χ0n) is 9.75. The molecule has 0 amide bonds. The molecule has 6 heteroatoms. The van der Waals surface area contributed by atoms with Crippen LogP contribution in [0, 0.1) is 5.82 Å². The predicted octanol–water partition coefficient (Wildman–Crippen LogP) is 2.17. The van der Waals surface area contributed by atoms with Crippen LogP contribution >= 0.6 is 12.2 Å². The van der Waals surface area contributed by atoms with Crippen LogP contribution in [0.3, 0.4) is 0 Å². The second-order valence-corrected chi connectivity index (χ2v) is 4.41. The van der Waals surface area contributed by atoms with E-state index < -0.39 is 0 Å². The molecule has 2 aromatic heterocycles. The molecule has 0 aliphatic rings. The third-order valence-corrected chi connectivity index (χ3v) is 2.96. The summed E-state index contributed by atoms with van der Waals surface area (Å²) in [6.07, 6.45) is 1.72. The van der Waals surface area contributed by atoms with Gasteiger partial charge in [0.1, 0.15) is 10.8 Å². The zero-order valence-corrected chi connectivity index (χ0v) is 10.6. The Morgan fingerprint density at radius 1 is 1.21 bits per heavy atom. The fraction of sp³-hybridized carbons (Fsp3) is 0. The molecule has 1 aromatic carbocycles. The molecule has 0 spiro atoms. The average molecular weight is 272 g/mol. The molecule has 4 nitrogen and oxygen atoms in total. The lowest BCUT2D eigenvalue weighted by Gasteiger charge is -1.98. The Morgan fingerprint density at radius 3 is 2.74 bits per heavy atom. The lowest BCUT2D eigenvalue weighted by molar-refractivity contribution is 0.630. The minimum Gasteiger partial charge on any atom is -0.389 e. The van der Waals surface area contributed by atoms with Gasteiger partial charge in [0.2, 0.25) is 0 Å². The van der Waals surface area contributed by atoms with Gasteiger partial charge in [-0.1, -0.05) is 24.4 Å². The van der Waals surface area contributed by atoms with Gasteiger partial charge in [-0.15, -0.1) is 5.10 Å². The summed E-state index contributed by atoms with van der Waals surface area (Å²) < 4.78 is 15.3. The Balaban J connectivity index is 2.26. The third kappa shape index (κ3) is 1.96. The molecule has 94 valence electrons. The van der Waals surface area contributed by atoms with E-state index in [0.29, 0.717) is 22.6 Å². The molecule has 0 bridgehead atoms. The highest BCUT2D eigenvalue weighted by molar-refractivity contribution is 7.80. The lowest BCUT2D eigenvalue weighted by Crippen LogP contribution is -2.11. The number of halogens is 1. The quantitative estimate of drug-likeness (QED) is 0.726. The van der Waals surface area contributed by atoms with E-state index in [0.717, 1.165) is 0 Å². The van der Waals surface area contributed by atoms with Crippen molar-refractivity contribution in [2.75, 3.05) is 0 Å². The van der Waals surface area contributed by atoms with Crippen LogP contribution < -0.4 is 5.73 Å². The van der Waals surface area contributed by atoms with Crippen LogP contribution in [0.1, 0.15) is 5.56 Å². The van der Waals surface area contributed by atoms with Gasteiger partial charge in [-0.3, -0.25) is 0 Å². The first-order valence-corrected chi connectivity index (χ1v) is 5.98. The van der Waals surface area contributed by atoms with Crippen molar-refractivity contribution < 1.29 is 4.39 Å². The van der Waals surface area contributed by atoms with Gasteiger partial charge in [0, 0.05) is 6.20 Å². The maximum Gasteiger partial charge on any atom is 0.185 e. The van der Waals surface area contributed by atoms with E-state index in [9.17, 15) is 4.39 Å². The van der Waals surface area contributed by atoms with Crippen molar-refractivity contribution in [3.63, 3.8) is 0 Å². The van der Waals surface area contributed by atoms with Crippen LogP contribution in [0.5, 0.6) is 0 Å². The third-order valence-electron chi connectivity index (χ3n) is 2.74. The van der Waals surface area contributed by atoms with Gasteiger partial charge in [0.25, 0.3) is 0 Å². The van der Waals surface area contributed by atoms with Gasteiger partial charge in [-0.05, 0) is 24.3 Å². The Hall–Kier alpha value is -2.34. The normalized spacial score (nSPS) is 10.8. The van der Waals surface area contributed by atoms with Crippen LogP contribution in [-0.2, 0) is 0 Å². The topological polar surface area (TPSA) is 56.2 Å². The Bertz CT molecular complexity index is 781. The van der Waals surface area contributed by atoms with Crippen LogP contribution in [-0.4, -0.2) is 19.6 Å². The molecule has 0 saturated carbocycles. The molecule has 0 aliphatic carbocycles. The van der Waals surface area contributed by atoms with Crippen molar-refractivity contribution in [1.29, 1.82) is 0 Å². The monoisotopic (exact) mass is 272 g/mol. The fourth-order valence-electron chi connectivity index (χ4n) is 1.86. The van der Waals surface area contributed by atoms with E-state index in [-0.39, 0.29) is 10.8 Å². The maximum atomic E-state index is 13.7. The van der Waals surface area contributed by atoms with E-state index in [2.05, 4.69) is 10.1 Å². The van der Waals surface area contributed by atoms with Crippen molar-refractivity contribution in [1.82, 2.24) is 14.6 Å². The second-order valence-electron chi connectivity index (χ2n) is 3.97. The van der Waals surface area contributed by atoms with Gasteiger partial charge in [-0.25, -0.2) is 13.9 Å². The number of fused-ring (bicyclic) bond motifs is 1. The molecule has 2 N–H and O–H groups in total. The van der Waals surface area contributed by atoms with Gasteiger partial charge >= 0.3 is 0 Å². The summed E-state index contributed by atoms with van der Waals surface area (Å²) in [7, 11) is 0. The van der Waals surface area contributed by atoms with Gasteiger partial charge in [0.15, 0.2) is 11.5 Å². The van der Waals surface area contributed by atoms with E-state index in [4.69, 9.17) is 18.0 Å². The minimum absolute atomic E-state index is 0.234. The first-order chi connectivity index (χ1) is 9.16. The number of aromatic nitrogens is 3. The summed E-state index contributed by atoms with van der Waals surface area (Å²) in [6, 6.07) is 9.88. The van der Waals surface area contributed by atoms with E-state index in [1.165, 1.54) is 10.6 Å². The van der Waals surface area contributed by atoms with E-state index >= 15 is 0 Å². The van der Waals surface area contributed by atoms with Crippen molar-refractivity contribution in [2.24, 2.45) is 5.73 Å². The molecule has 3 rings (SSSR count). The largest absolute Gasteiger partial charge is 0.389 e. The molecule has 0 aliphatic heterocycles. The molecule has 0 unspecified atom stereocenters. The summed E-state index contributed by atoms with van der Waals surface area (Å²) in [4.78, 5) is 4.54. The number of nitrogens with zero attached hydrogens (tertiary/aromatic N) is 3. The SMILES string of the molecule is NC(=S)c1cccn2nc(-c3ccccc3F)nc12. The van der Waals surface area contributed by atoms with Crippen molar-refractivity contribution in [3.05, 3.63) is 54.0 Å². The number of hydrogen-bond acceptors (Lipinski definition) is 3. The van der Waals surface area contributed by atoms with Crippen molar-refractivity contribution in [2.45, 2.75) is 0 Å².